The molecule has 6 nitrogen and oxygen atoms in total. The fourth-order valence-electron chi connectivity index (χ4n) is 4.72. The smallest absolute Gasteiger partial charge is 0.332 e. The molecule has 1 aliphatic rings. The highest BCUT2D eigenvalue weighted by Gasteiger charge is 2.18. The number of nitrogens with zero attached hydrogens (tertiary/aromatic N) is 2. The number of aromatic nitrogens is 2. The van der Waals surface area contributed by atoms with Gasteiger partial charge in [-0.2, -0.15) is 0 Å². The van der Waals surface area contributed by atoms with E-state index in [0.29, 0.717) is 28.0 Å². The number of hydrogen-bond acceptors (Lipinski definition) is 3. The Bertz CT molecular complexity index is 1480. The van der Waals surface area contributed by atoms with Crippen molar-refractivity contribution in [1.82, 2.24) is 14.5 Å². The van der Waals surface area contributed by atoms with Gasteiger partial charge in [0, 0.05) is 16.6 Å². The lowest BCUT2D eigenvalue weighted by Crippen LogP contribution is -2.40. The van der Waals surface area contributed by atoms with E-state index in [-0.39, 0.29) is 29.7 Å². The van der Waals surface area contributed by atoms with Crippen molar-refractivity contribution >= 4 is 28.4 Å². The zero-order valence-electron chi connectivity index (χ0n) is 19.2. The molecule has 0 aliphatic heterocycles. The van der Waals surface area contributed by atoms with E-state index < -0.39 is 0 Å². The van der Waals surface area contributed by atoms with Gasteiger partial charge in [0.1, 0.15) is 0 Å². The van der Waals surface area contributed by atoms with Crippen molar-refractivity contribution in [2.24, 2.45) is 0 Å². The molecule has 0 spiro atoms. The zero-order chi connectivity index (χ0) is 24.4. The topological polar surface area (TPSA) is 73.1 Å². The van der Waals surface area contributed by atoms with Crippen LogP contribution >= 0.6 is 11.6 Å². The molecule has 1 saturated carbocycles. The molecule has 0 unspecified atom stereocenters. The normalized spacial score (nSPS) is 13.9. The van der Waals surface area contributed by atoms with Crippen molar-refractivity contribution in [1.29, 1.82) is 0 Å². The lowest BCUT2D eigenvalue weighted by molar-refractivity contribution is 0.0938. The lowest BCUT2D eigenvalue weighted by Gasteiger charge is -2.15. The van der Waals surface area contributed by atoms with E-state index in [2.05, 4.69) is 5.32 Å². The van der Waals surface area contributed by atoms with Crippen molar-refractivity contribution in [3.05, 3.63) is 115 Å². The molecule has 1 heterocycles. The minimum absolute atomic E-state index is 0.0864. The molecule has 7 heteroatoms. The molecule has 35 heavy (non-hydrogen) atoms. The third kappa shape index (κ3) is 4.93. The molecule has 5 rings (SSSR count). The molecule has 1 fully saturated rings. The predicted molar refractivity (Wildman–Crippen MR) is 138 cm³/mol. The molecule has 1 amide bonds. The molecule has 178 valence electrons. The molecule has 1 aromatic heterocycles. The number of carbonyl (C=O) groups is 1. The molecule has 1 N–H and O–H groups in total. The van der Waals surface area contributed by atoms with Crippen LogP contribution in [0.4, 0.5) is 0 Å². The number of rotatable bonds is 6. The molecule has 0 atom stereocenters. The van der Waals surface area contributed by atoms with Crippen LogP contribution in [0, 0.1) is 0 Å². The summed E-state index contributed by atoms with van der Waals surface area (Å²) in [6.45, 7) is 0.435. The summed E-state index contributed by atoms with van der Waals surface area (Å²) in [5.41, 5.74) is 2.13. The third-order valence-corrected chi connectivity index (χ3v) is 6.89. The summed E-state index contributed by atoms with van der Waals surface area (Å²) in [5.74, 6) is -0.0864. The van der Waals surface area contributed by atoms with Gasteiger partial charge >= 0.3 is 5.69 Å². The number of fused-ring (bicyclic) bond motifs is 1. The van der Waals surface area contributed by atoms with Gasteiger partial charge in [-0.15, -0.1) is 0 Å². The summed E-state index contributed by atoms with van der Waals surface area (Å²) in [4.78, 5) is 39.3. The van der Waals surface area contributed by atoms with Gasteiger partial charge in [0.25, 0.3) is 11.5 Å². The number of hydrogen-bond donors (Lipinski definition) is 1. The highest BCUT2D eigenvalue weighted by Crippen LogP contribution is 2.18. The van der Waals surface area contributed by atoms with Crippen molar-refractivity contribution in [3.8, 4) is 0 Å². The van der Waals surface area contributed by atoms with Crippen LogP contribution in [0.5, 0.6) is 0 Å². The highest BCUT2D eigenvalue weighted by molar-refractivity contribution is 6.30. The Hall–Kier alpha value is -3.64. The van der Waals surface area contributed by atoms with Gasteiger partial charge in [-0.25, -0.2) is 4.79 Å². The van der Waals surface area contributed by atoms with Gasteiger partial charge in [0.2, 0.25) is 0 Å². The average Bonchev–Trinajstić information content (AvgIpc) is 3.39. The Kier molecular flexibility index (Phi) is 6.55. The van der Waals surface area contributed by atoms with Gasteiger partial charge in [0.05, 0.1) is 24.0 Å². The predicted octanol–water partition coefficient (Wildman–Crippen LogP) is 4.59. The van der Waals surface area contributed by atoms with E-state index in [1.165, 1.54) is 4.57 Å². The second kappa shape index (κ2) is 9.92. The Morgan fingerprint density at radius 1 is 0.829 bits per heavy atom. The second-order valence-corrected chi connectivity index (χ2v) is 9.49. The molecular formula is C28H26ClN3O3. The monoisotopic (exact) mass is 487 g/mol. The van der Waals surface area contributed by atoms with Crippen LogP contribution in [-0.4, -0.2) is 21.1 Å². The number of halogens is 1. The fraction of sp³-hybridized carbons (Fsp3) is 0.250. The first kappa shape index (κ1) is 23.1. The maximum absolute atomic E-state index is 13.5. The Labute approximate surface area is 207 Å². The maximum atomic E-state index is 13.5. The summed E-state index contributed by atoms with van der Waals surface area (Å²) in [6.07, 6.45) is 4.36. The van der Waals surface area contributed by atoms with E-state index in [1.807, 2.05) is 18.2 Å². The fourth-order valence-corrected chi connectivity index (χ4v) is 4.84. The Morgan fingerprint density at radius 2 is 1.43 bits per heavy atom. The lowest BCUT2D eigenvalue weighted by atomic mass is 10.1. The summed E-state index contributed by atoms with van der Waals surface area (Å²) >= 11 is 6.01. The summed E-state index contributed by atoms with van der Waals surface area (Å²) < 4.78 is 2.87. The third-order valence-electron chi connectivity index (χ3n) is 6.63. The van der Waals surface area contributed by atoms with Crippen molar-refractivity contribution in [3.63, 3.8) is 0 Å². The van der Waals surface area contributed by atoms with Gasteiger partial charge in [-0.3, -0.25) is 18.7 Å². The van der Waals surface area contributed by atoms with Crippen LogP contribution in [0.2, 0.25) is 5.02 Å². The van der Waals surface area contributed by atoms with Crippen LogP contribution in [0.15, 0.2) is 82.4 Å². The zero-order valence-corrected chi connectivity index (χ0v) is 20.0. The highest BCUT2D eigenvalue weighted by atomic mass is 35.5. The van der Waals surface area contributed by atoms with Crippen LogP contribution in [0.1, 0.15) is 47.2 Å². The van der Waals surface area contributed by atoms with E-state index in [1.54, 1.807) is 59.2 Å². The quantitative estimate of drug-likeness (QED) is 0.432. The second-order valence-electron chi connectivity index (χ2n) is 9.06. The van der Waals surface area contributed by atoms with E-state index >= 15 is 0 Å². The summed E-state index contributed by atoms with van der Waals surface area (Å²) in [6, 6.07) is 21.8. The Morgan fingerprint density at radius 3 is 2.11 bits per heavy atom. The first-order valence-electron chi connectivity index (χ1n) is 11.9. The number of benzene rings is 3. The standard InChI is InChI=1S/C28H26ClN3O3/c29-22-15-11-20(12-16-22)17-31-25-8-4-3-7-24(25)27(34)32(28(31)35)18-19-9-13-21(14-10-19)26(33)30-23-5-1-2-6-23/h3-4,7-16,23H,1-2,5-6,17-18H2,(H,30,33). The van der Waals surface area contributed by atoms with Crippen LogP contribution in [-0.2, 0) is 13.1 Å². The average molecular weight is 488 g/mol. The van der Waals surface area contributed by atoms with Gasteiger partial charge in [-0.1, -0.05) is 60.8 Å². The molecule has 1 aliphatic carbocycles. The van der Waals surface area contributed by atoms with E-state index in [9.17, 15) is 14.4 Å². The maximum Gasteiger partial charge on any atom is 0.332 e. The number of para-hydroxylation sites is 1. The van der Waals surface area contributed by atoms with Gasteiger partial charge in [0.15, 0.2) is 0 Å². The summed E-state index contributed by atoms with van der Waals surface area (Å²) in [5, 5.41) is 4.18. The van der Waals surface area contributed by atoms with Crippen molar-refractivity contribution < 1.29 is 4.79 Å². The van der Waals surface area contributed by atoms with E-state index in [0.717, 1.165) is 36.8 Å². The van der Waals surface area contributed by atoms with E-state index in [4.69, 9.17) is 11.6 Å². The SMILES string of the molecule is O=C(NC1CCCC1)c1ccc(Cn2c(=O)c3ccccc3n(Cc3ccc(Cl)cc3)c2=O)cc1. The first-order valence-corrected chi connectivity index (χ1v) is 12.2. The molecule has 3 aromatic carbocycles. The molecule has 0 radical (unpaired) electrons. The first-order chi connectivity index (χ1) is 17.0. The minimum atomic E-state index is -0.383. The van der Waals surface area contributed by atoms with Crippen LogP contribution in [0.3, 0.4) is 0 Å². The molecular weight excluding hydrogens is 462 g/mol. The largest absolute Gasteiger partial charge is 0.349 e. The van der Waals surface area contributed by atoms with Crippen molar-refractivity contribution in [2.45, 2.75) is 44.8 Å². The van der Waals surface area contributed by atoms with Crippen LogP contribution < -0.4 is 16.6 Å². The molecule has 0 saturated heterocycles. The van der Waals surface area contributed by atoms with Crippen molar-refractivity contribution in [2.75, 3.05) is 0 Å². The van der Waals surface area contributed by atoms with Crippen LogP contribution in [0.25, 0.3) is 10.9 Å². The van der Waals surface area contributed by atoms with Gasteiger partial charge in [-0.05, 0) is 60.4 Å². The van der Waals surface area contributed by atoms with Gasteiger partial charge < -0.3 is 5.32 Å². The number of carbonyl (C=O) groups excluding carboxylic acids is 1. The number of amides is 1. The summed E-state index contributed by atoms with van der Waals surface area (Å²) in [7, 11) is 0. The molecule has 4 aromatic rings. The minimum Gasteiger partial charge on any atom is -0.349 e. The Balaban J connectivity index is 1.46. The number of nitrogens with one attached hydrogen (secondary N) is 1. The molecule has 0 bridgehead atoms.